The third kappa shape index (κ3) is 15.4. The predicted octanol–water partition coefficient (Wildman–Crippen LogP) is 3.03. The van der Waals surface area contributed by atoms with Crippen LogP contribution in [0.5, 0.6) is 5.75 Å². The summed E-state index contributed by atoms with van der Waals surface area (Å²) in [6.07, 6.45) is 2.91. The lowest BCUT2D eigenvalue weighted by Crippen LogP contribution is -2.14. The molecule has 1 N–H and O–H groups in total. The molecule has 0 unspecified atom stereocenters. The van der Waals surface area contributed by atoms with Crippen LogP contribution in [0, 0.1) is 0 Å². The summed E-state index contributed by atoms with van der Waals surface area (Å²) in [7, 11) is 0. The maximum atomic E-state index is 12.6. The fourth-order valence-electron chi connectivity index (χ4n) is 2.74. The minimum absolute atomic E-state index is 0.0170. The summed E-state index contributed by atoms with van der Waals surface area (Å²) < 4.78 is 26.2. The second-order valence-electron chi connectivity index (χ2n) is 7.28. The molecule has 2 aromatic carbocycles. The molecule has 0 aliphatic heterocycles. The first-order chi connectivity index (χ1) is 18.1. The fraction of sp³-hybridized carbons (Fsp3) is 0.393. The number of ketones is 1. The van der Waals surface area contributed by atoms with E-state index in [2.05, 4.69) is 11.3 Å². The van der Waals surface area contributed by atoms with Crippen molar-refractivity contribution < 1.29 is 43.2 Å². The van der Waals surface area contributed by atoms with Crippen molar-refractivity contribution in [2.24, 2.45) is 0 Å². The summed E-state index contributed by atoms with van der Waals surface area (Å²) in [6.45, 7) is 6.44. The predicted molar refractivity (Wildman–Crippen MR) is 138 cm³/mol. The van der Waals surface area contributed by atoms with Gasteiger partial charge in [0.1, 0.15) is 18.6 Å². The quantitative estimate of drug-likeness (QED) is 0.0988. The molecule has 0 aliphatic rings. The van der Waals surface area contributed by atoms with E-state index in [4.69, 9.17) is 24.1 Å². The van der Waals surface area contributed by atoms with Crippen LogP contribution in [0.3, 0.4) is 0 Å². The molecule has 37 heavy (non-hydrogen) atoms. The molecule has 9 nitrogen and oxygen atoms in total. The second kappa shape index (κ2) is 21.9. The largest absolute Gasteiger partial charge is 0.490 e. The fourth-order valence-corrected chi connectivity index (χ4v) is 2.74. The van der Waals surface area contributed by atoms with Crippen molar-refractivity contribution in [2.75, 3.05) is 59.5 Å². The van der Waals surface area contributed by atoms with Crippen LogP contribution in [0.25, 0.3) is 0 Å². The molecule has 0 fully saturated rings. The van der Waals surface area contributed by atoms with Gasteiger partial charge in [0.25, 0.3) is 0 Å². The summed E-state index contributed by atoms with van der Waals surface area (Å²) in [6, 6.07) is 16.3. The molecule has 0 saturated carbocycles. The Morgan fingerprint density at radius 2 is 1.38 bits per heavy atom. The van der Waals surface area contributed by atoms with Gasteiger partial charge in [0.15, 0.2) is 5.78 Å². The van der Waals surface area contributed by atoms with Gasteiger partial charge in [-0.25, -0.2) is 4.79 Å². The van der Waals surface area contributed by atoms with Crippen LogP contribution in [0.15, 0.2) is 67.3 Å². The minimum atomic E-state index is -0.439. The maximum Gasteiger partial charge on any atom is 0.330 e. The van der Waals surface area contributed by atoms with E-state index in [1.54, 1.807) is 24.3 Å². The number of unbranched alkanes of at least 4 members (excludes halogenated alkanes) is 1. The number of esters is 1. The number of aliphatic hydroxyl groups excluding tert-OH is 1. The molecule has 202 valence electrons. The summed E-state index contributed by atoms with van der Waals surface area (Å²) in [5, 5.41) is 8.56. The van der Waals surface area contributed by atoms with Crippen molar-refractivity contribution in [3.63, 3.8) is 0 Å². The van der Waals surface area contributed by atoms with Crippen LogP contribution in [0.2, 0.25) is 0 Å². The highest BCUT2D eigenvalue weighted by Crippen LogP contribution is 2.21. The molecule has 2 rings (SSSR count). The van der Waals surface area contributed by atoms with Gasteiger partial charge >= 0.3 is 5.97 Å². The number of hydrogen-bond donors (Lipinski definition) is 1. The van der Waals surface area contributed by atoms with Gasteiger partial charge in [-0.1, -0.05) is 49.0 Å². The lowest BCUT2D eigenvalue weighted by Gasteiger charge is -2.11. The molecule has 0 aliphatic carbocycles. The van der Waals surface area contributed by atoms with E-state index in [9.17, 15) is 14.4 Å². The van der Waals surface area contributed by atoms with E-state index >= 15 is 0 Å². The van der Waals surface area contributed by atoms with Crippen molar-refractivity contribution >= 4 is 18.0 Å². The summed E-state index contributed by atoms with van der Waals surface area (Å²) in [4.78, 5) is 32.7. The number of carbonyl (C=O) groups is 3. The number of carbonyl (C=O) groups excluding carboxylic acids is 3. The molecule has 0 heterocycles. The number of hydrogen-bond acceptors (Lipinski definition) is 9. The first kappa shape index (κ1) is 31.7. The van der Waals surface area contributed by atoms with E-state index < -0.39 is 5.97 Å². The van der Waals surface area contributed by atoms with E-state index in [0.717, 1.165) is 12.4 Å². The molecule has 2 aromatic rings. The topological polar surface area (TPSA) is 118 Å². The Balaban J connectivity index is 0.000000580. The molecule has 9 heteroatoms. The molecule has 0 spiro atoms. The summed E-state index contributed by atoms with van der Waals surface area (Å²) >= 11 is 0. The number of ether oxygens (including phenoxy) is 5. The Labute approximate surface area is 217 Å². The van der Waals surface area contributed by atoms with Crippen LogP contribution in [0.1, 0.15) is 28.8 Å². The van der Waals surface area contributed by atoms with Crippen molar-refractivity contribution in [3.8, 4) is 5.75 Å². The standard InChI is InChI=1S/C21H26O6.C7H10O3/c22-10-11-24-12-13-25-14-15-26-16-17-27-20-9-5-4-8-19(20)21(23)18-6-2-1-3-7-18;1-2-7(9)10-6-4-3-5-8/h1-9,22H,10-17H2;2,5H,1,3-4,6H2. The molecule has 0 radical (unpaired) electrons. The second-order valence-corrected chi connectivity index (χ2v) is 7.28. The Hall–Kier alpha value is -3.37. The van der Waals surface area contributed by atoms with Crippen LogP contribution in [-0.2, 0) is 28.5 Å². The lowest BCUT2D eigenvalue weighted by molar-refractivity contribution is -0.138. The molecule has 0 amide bonds. The van der Waals surface area contributed by atoms with E-state index in [-0.39, 0.29) is 12.4 Å². The Morgan fingerprint density at radius 3 is 2.00 bits per heavy atom. The van der Waals surface area contributed by atoms with Crippen molar-refractivity contribution in [3.05, 3.63) is 78.4 Å². The van der Waals surface area contributed by atoms with Gasteiger partial charge in [-0.2, -0.15) is 0 Å². The third-order valence-electron chi connectivity index (χ3n) is 4.51. The number of benzene rings is 2. The zero-order valence-electron chi connectivity index (χ0n) is 21.0. The lowest BCUT2D eigenvalue weighted by atomic mass is 10.0. The number of aldehydes is 1. The highest BCUT2D eigenvalue weighted by atomic mass is 16.6. The van der Waals surface area contributed by atoms with E-state index in [1.807, 2.05) is 30.3 Å². The first-order valence-electron chi connectivity index (χ1n) is 12.0. The summed E-state index contributed by atoms with van der Waals surface area (Å²) in [5.74, 6) is 0.0436. The number of para-hydroxylation sites is 1. The highest BCUT2D eigenvalue weighted by molar-refractivity contribution is 6.10. The molecule has 0 aromatic heterocycles. The van der Waals surface area contributed by atoms with Gasteiger partial charge in [-0.05, 0) is 18.6 Å². The Kier molecular flexibility index (Phi) is 18.7. The number of rotatable bonds is 19. The van der Waals surface area contributed by atoms with Gasteiger partial charge in [0.05, 0.1) is 58.4 Å². The average Bonchev–Trinajstić information content (AvgIpc) is 2.94. The molecule has 0 saturated heterocycles. The van der Waals surface area contributed by atoms with Gasteiger partial charge in [-0.15, -0.1) is 0 Å². The highest BCUT2D eigenvalue weighted by Gasteiger charge is 2.13. The van der Waals surface area contributed by atoms with Crippen LogP contribution in [-0.4, -0.2) is 82.6 Å². The maximum absolute atomic E-state index is 12.6. The van der Waals surface area contributed by atoms with Crippen molar-refractivity contribution in [1.29, 1.82) is 0 Å². The minimum Gasteiger partial charge on any atom is -0.490 e. The average molecular weight is 517 g/mol. The molecular weight excluding hydrogens is 480 g/mol. The molecular formula is C28H36O9. The monoisotopic (exact) mass is 516 g/mol. The van der Waals surface area contributed by atoms with Crippen molar-refractivity contribution in [1.82, 2.24) is 0 Å². The van der Waals surface area contributed by atoms with Gasteiger partial charge < -0.3 is 33.6 Å². The van der Waals surface area contributed by atoms with Crippen LogP contribution < -0.4 is 4.74 Å². The molecule has 0 bridgehead atoms. The van der Waals surface area contributed by atoms with Crippen LogP contribution >= 0.6 is 0 Å². The smallest absolute Gasteiger partial charge is 0.330 e. The van der Waals surface area contributed by atoms with Gasteiger partial charge in [0.2, 0.25) is 0 Å². The van der Waals surface area contributed by atoms with E-state index in [1.165, 1.54) is 0 Å². The van der Waals surface area contributed by atoms with Gasteiger partial charge in [-0.3, -0.25) is 4.79 Å². The SMILES string of the molecule is C=CC(=O)OCCCC=O.O=C(c1ccccc1)c1ccccc1OCCOCCOCCOCCO. The van der Waals surface area contributed by atoms with E-state index in [0.29, 0.717) is 82.6 Å². The number of aliphatic hydroxyl groups is 1. The zero-order valence-corrected chi connectivity index (χ0v) is 21.0. The normalized spacial score (nSPS) is 10.1. The summed E-state index contributed by atoms with van der Waals surface area (Å²) in [5.41, 5.74) is 1.17. The Bertz CT molecular complexity index is 900. The molecule has 0 atom stereocenters. The first-order valence-corrected chi connectivity index (χ1v) is 12.0. The van der Waals surface area contributed by atoms with Crippen LogP contribution in [0.4, 0.5) is 0 Å². The zero-order chi connectivity index (χ0) is 27.0. The van der Waals surface area contributed by atoms with Gasteiger partial charge in [0, 0.05) is 18.1 Å². The Morgan fingerprint density at radius 1 is 0.784 bits per heavy atom. The third-order valence-corrected chi connectivity index (χ3v) is 4.51. The van der Waals surface area contributed by atoms with Crippen molar-refractivity contribution in [2.45, 2.75) is 12.8 Å².